The zero-order valence-corrected chi connectivity index (χ0v) is 11.9. The monoisotopic (exact) mass is 297 g/mol. The Labute approximate surface area is 125 Å². The van der Waals surface area contributed by atoms with Crippen molar-refractivity contribution in [2.45, 2.75) is 31.2 Å². The van der Waals surface area contributed by atoms with E-state index in [1.807, 2.05) is 6.07 Å². The molecule has 0 saturated heterocycles. The van der Waals surface area contributed by atoms with E-state index in [1.165, 1.54) is 10.6 Å². The molecule has 1 aliphatic rings. The van der Waals surface area contributed by atoms with Crippen LogP contribution >= 0.6 is 0 Å². The predicted octanol–water partition coefficient (Wildman–Crippen LogP) is 1.47. The molecule has 0 aliphatic heterocycles. The van der Waals surface area contributed by atoms with E-state index in [0.717, 1.165) is 25.7 Å². The molecule has 112 valence electrons. The predicted molar refractivity (Wildman–Crippen MR) is 79.1 cm³/mol. The molecule has 7 nitrogen and oxygen atoms in total. The summed E-state index contributed by atoms with van der Waals surface area (Å²) in [7, 11) is 0. The van der Waals surface area contributed by atoms with Crippen molar-refractivity contribution in [1.29, 1.82) is 0 Å². The van der Waals surface area contributed by atoms with Gasteiger partial charge in [0.25, 0.3) is 11.4 Å². The van der Waals surface area contributed by atoms with E-state index >= 15 is 0 Å². The molecule has 1 saturated carbocycles. The van der Waals surface area contributed by atoms with Gasteiger partial charge in [-0.15, -0.1) is 0 Å². The number of hydrogen-bond acceptors (Lipinski definition) is 6. The third kappa shape index (κ3) is 1.93. The van der Waals surface area contributed by atoms with Crippen LogP contribution in [0, 0.1) is 0 Å². The van der Waals surface area contributed by atoms with E-state index in [9.17, 15) is 4.79 Å². The normalized spacial score (nSPS) is 17.1. The second-order valence-electron chi connectivity index (χ2n) is 5.69. The Morgan fingerprint density at radius 2 is 2.09 bits per heavy atom. The third-order valence-electron chi connectivity index (χ3n) is 4.21. The number of aromatic nitrogens is 4. The molecule has 0 amide bonds. The summed E-state index contributed by atoms with van der Waals surface area (Å²) in [6, 6.07) is 5.36. The number of hydrogen-bond donors (Lipinski definition) is 1. The van der Waals surface area contributed by atoms with Crippen LogP contribution in [0.3, 0.4) is 0 Å². The second-order valence-corrected chi connectivity index (χ2v) is 5.69. The molecular weight excluding hydrogens is 282 g/mol. The quantitative estimate of drug-likeness (QED) is 0.769. The van der Waals surface area contributed by atoms with Gasteiger partial charge in [0.1, 0.15) is 11.2 Å². The van der Waals surface area contributed by atoms with E-state index in [0.29, 0.717) is 11.5 Å². The molecule has 1 aliphatic carbocycles. The molecule has 0 spiro atoms. The van der Waals surface area contributed by atoms with E-state index in [4.69, 9.17) is 10.3 Å². The molecule has 3 aromatic heterocycles. The first-order chi connectivity index (χ1) is 10.7. The second kappa shape index (κ2) is 4.74. The van der Waals surface area contributed by atoms with Crippen molar-refractivity contribution < 1.29 is 4.52 Å². The lowest BCUT2D eigenvalue weighted by atomic mass is 9.99. The van der Waals surface area contributed by atoms with E-state index in [2.05, 4.69) is 15.1 Å². The lowest BCUT2D eigenvalue weighted by Crippen LogP contribution is -2.34. The molecule has 1 fully saturated rings. The molecule has 0 aromatic carbocycles. The molecule has 0 bridgehead atoms. The van der Waals surface area contributed by atoms with Crippen molar-refractivity contribution in [2.24, 2.45) is 5.73 Å². The molecule has 0 radical (unpaired) electrons. The van der Waals surface area contributed by atoms with Crippen molar-refractivity contribution in [3.8, 4) is 11.5 Å². The zero-order valence-electron chi connectivity index (χ0n) is 11.9. The fraction of sp³-hybridized carbons (Fsp3) is 0.333. The lowest BCUT2D eigenvalue weighted by molar-refractivity contribution is 0.372. The standard InChI is InChI=1S/C15H15N5O2/c16-15(6-2-3-7-15)14-18-12(22-19-14)10-9-17-11-5-1-4-8-20(11)13(10)21/h1,4-5,8-9H,2-3,6-7,16H2. The summed E-state index contributed by atoms with van der Waals surface area (Å²) in [5, 5.41) is 3.98. The van der Waals surface area contributed by atoms with Crippen LogP contribution in [0.5, 0.6) is 0 Å². The van der Waals surface area contributed by atoms with Gasteiger partial charge in [-0.25, -0.2) is 4.98 Å². The molecule has 3 aromatic rings. The molecule has 0 unspecified atom stereocenters. The van der Waals surface area contributed by atoms with Crippen LogP contribution in [0.2, 0.25) is 0 Å². The van der Waals surface area contributed by atoms with Gasteiger partial charge in [0, 0.05) is 12.4 Å². The average Bonchev–Trinajstić information content (AvgIpc) is 3.18. The molecule has 22 heavy (non-hydrogen) atoms. The minimum atomic E-state index is -0.539. The van der Waals surface area contributed by atoms with E-state index in [1.54, 1.807) is 18.3 Å². The molecule has 4 rings (SSSR count). The third-order valence-corrected chi connectivity index (χ3v) is 4.21. The minimum absolute atomic E-state index is 0.169. The topological polar surface area (TPSA) is 99.3 Å². The Morgan fingerprint density at radius 1 is 1.27 bits per heavy atom. The Balaban J connectivity index is 1.81. The highest BCUT2D eigenvalue weighted by Crippen LogP contribution is 2.35. The summed E-state index contributed by atoms with van der Waals surface area (Å²) in [5.41, 5.74) is 6.39. The fourth-order valence-corrected chi connectivity index (χ4v) is 2.94. The number of nitrogens with two attached hydrogens (primary N) is 1. The van der Waals surface area contributed by atoms with Gasteiger partial charge >= 0.3 is 0 Å². The van der Waals surface area contributed by atoms with Crippen molar-refractivity contribution >= 4 is 5.65 Å². The number of rotatable bonds is 2. The van der Waals surface area contributed by atoms with Crippen molar-refractivity contribution in [1.82, 2.24) is 19.5 Å². The minimum Gasteiger partial charge on any atom is -0.334 e. The molecule has 7 heteroatoms. The van der Waals surface area contributed by atoms with Crippen LogP contribution in [-0.4, -0.2) is 19.5 Å². The average molecular weight is 297 g/mol. The van der Waals surface area contributed by atoms with Crippen molar-refractivity contribution in [3.05, 3.63) is 46.8 Å². The van der Waals surface area contributed by atoms with Crippen LogP contribution in [0.4, 0.5) is 0 Å². The van der Waals surface area contributed by atoms with Gasteiger partial charge in [-0.05, 0) is 25.0 Å². The summed E-state index contributed by atoms with van der Waals surface area (Å²) in [6.45, 7) is 0. The summed E-state index contributed by atoms with van der Waals surface area (Å²) in [5.74, 6) is 0.639. The fourth-order valence-electron chi connectivity index (χ4n) is 2.94. The largest absolute Gasteiger partial charge is 0.334 e. The van der Waals surface area contributed by atoms with Crippen LogP contribution < -0.4 is 11.3 Å². The van der Waals surface area contributed by atoms with Gasteiger partial charge < -0.3 is 10.3 Å². The number of fused-ring (bicyclic) bond motifs is 1. The van der Waals surface area contributed by atoms with Gasteiger partial charge in [0.05, 0.1) is 5.54 Å². The first-order valence-electron chi connectivity index (χ1n) is 7.27. The molecular formula is C15H15N5O2. The van der Waals surface area contributed by atoms with Gasteiger partial charge in [-0.3, -0.25) is 9.20 Å². The Bertz CT molecular complexity index is 892. The summed E-state index contributed by atoms with van der Waals surface area (Å²) < 4.78 is 6.71. The van der Waals surface area contributed by atoms with E-state index < -0.39 is 5.54 Å². The zero-order chi connectivity index (χ0) is 15.2. The van der Waals surface area contributed by atoms with Crippen LogP contribution in [0.1, 0.15) is 31.5 Å². The summed E-state index contributed by atoms with van der Waals surface area (Å²) >= 11 is 0. The number of pyridine rings is 1. The summed E-state index contributed by atoms with van der Waals surface area (Å²) in [6.07, 6.45) is 6.91. The maximum atomic E-state index is 12.5. The first-order valence-corrected chi connectivity index (χ1v) is 7.27. The van der Waals surface area contributed by atoms with Gasteiger partial charge in [-0.1, -0.05) is 24.1 Å². The Kier molecular flexibility index (Phi) is 2.83. The van der Waals surface area contributed by atoms with Gasteiger partial charge in [0.2, 0.25) is 0 Å². The SMILES string of the molecule is NC1(c2noc(-c3cnc4ccccn4c3=O)n2)CCCC1. The highest BCUT2D eigenvalue weighted by atomic mass is 16.5. The van der Waals surface area contributed by atoms with Gasteiger partial charge in [0.15, 0.2) is 5.82 Å². The molecule has 0 atom stereocenters. The van der Waals surface area contributed by atoms with Gasteiger partial charge in [-0.2, -0.15) is 4.98 Å². The van der Waals surface area contributed by atoms with Crippen molar-refractivity contribution in [3.63, 3.8) is 0 Å². The lowest BCUT2D eigenvalue weighted by Gasteiger charge is -2.17. The van der Waals surface area contributed by atoms with Crippen LogP contribution in [0.25, 0.3) is 17.1 Å². The maximum absolute atomic E-state index is 12.5. The number of nitrogens with zero attached hydrogens (tertiary/aromatic N) is 4. The highest BCUT2D eigenvalue weighted by molar-refractivity contribution is 5.53. The molecule has 2 N–H and O–H groups in total. The maximum Gasteiger partial charge on any atom is 0.270 e. The highest BCUT2D eigenvalue weighted by Gasteiger charge is 2.36. The molecule has 3 heterocycles. The smallest absolute Gasteiger partial charge is 0.270 e. The van der Waals surface area contributed by atoms with Crippen LogP contribution in [0.15, 0.2) is 39.9 Å². The van der Waals surface area contributed by atoms with Crippen LogP contribution in [-0.2, 0) is 5.54 Å². The Morgan fingerprint density at radius 3 is 2.91 bits per heavy atom. The first kappa shape index (κ1) is 13.1. The van der Waals surface area contributed by atoms with E-state index in [-0.39, 0.29) is 17.0 Å². The summed E-state index contributed by atoms with van der Waals surface area (Å²) in [4.78, 5) is 21.1. The Hall–Kier alpha value is -2.54. The van der Waals surface area contributed by atoms with Crippen molar-refractivity contribution in [2.75, 3.05) is 0 Å².